The van der Waals surface area contributed by atoms with Crippen molar-refractivity contribution in [3.63, 3.8) is 0 Å². The molecule has 0 spiro atoms. The minimum Gasteiger partial charge on any atom is -0.466 e. The largest absolute Gasteiger partial charge is 0.466 e. The van der Waals surface area contributed by atoms with Crippen molar-refractivity contribution in [3.05, 3.63) is 61.4 Å². The van der Waals surface area contributed by atoms with E-state index in [2.05, 4.69) is 47.7 Å². The Bertz CT molecular complexity index is 614. The van der Waals surface area contributed by atoms with Gasteiger partial charge in [0.25, 0.3) is 0 Å². The molecule has 0 atom stereocenters. The molecule has 0 unspecified atom stereocenters. The van der Waals surface area contributed by atoms with Crippen molar-refractivity contribution in [1.82, 2.24) is 0 Å². The van der Waals surface area contributed by atoms with Crippen LogP contribution in [0.3, 0.4) is 0 Å². The van der Waals surface area contributed by atoms with E-state index in [-0.39, 0.29) is 0 Å². The lowest BCUT2D eigenvalue weighted by atomic mass is 10.2. The molecular formula is C18H21N3O. The number of hydrogen-bond donors (Lipinski definition) is 0. The van der Waals surface area contributed by atoms with Crippen LogP contribution < -0.4 is 9.64 Å². The smallest absolute Gasteiger partial charge is 0.126 e. The Kier molecular flexibility index (Phi) is 5.72. The lowest BCUT2D eigenvalue weighted by Crippen LogP contribution is -2.21. The Morgan fingerprint density at radius 3 is 1.86 bits per heavy atom. The van der Waals surface area contributed by atoms with Crippen LogP contribution in [-0.2, 0) is 0 Å². The standard InChI is InChI=1S/C18H21N3O/c1-4-21(5-2)17-11-7-15(8-12-17)19-20-16-9-13-18(14-10-16)22-6-3/h6-14H,3-5H2,1-2H3. The zero-order chi connectivity index (χ0) is 15.8. The second-order valence-corrected chi connectivity index (χ2v) is 4.67. The first-order valence-electron chi connectivity index (χ1n) is 7.41. The van der Waals surface area contributed by atoms with E-state index >= 15 is 0 Å². The van der Waals surface area contributed by atoms with Gasteiger partial charge in [-0.1, -0.05) is 6.58 Å². The molecule has 0 aromatic heterocycles. The van der Waals surface area contributed by atoms with Gasteiger partial charge in [-0.15, -0.1) is 0 Å². The number of rotatable bonds is 7. The summed E-state index contributed by atoms with van der Waals surface area (Å²) in [5, 5.41) is 8.47. The van der Waals surface area contributed by atoms with E-state index in [0.717, 1.165) is 30.2 Å². The molecular weight excluding hydrogens is 274 g/mol. The second-order valence-electron chi connectivity index (χ2n) is 4.67. The number of azo groups is 1. The molecule has 0 amide bonds. The van der Waals surface area contributed by atoms with Crippen LogP contribution in [0.5, 0.6) is 5.75 Å². The van der Waals surface area contributed by atoms with Crippen LogP contribution in [0.25, 0.3) is 0 Å². The molecule has 4 heteroatoms. The summed E-state index contributed by atoms with van der Waals surface area (Å²) < 4.78 is 5.17. The van der Waals surface area contributed by atoms with Crippen molar-refractivity contribution in [1.29, 1.82) is 0 Å². The average Bonchev–Trinajstić information content (AvgIpc) is 2.57. The van der Waals surface area contributed by atoms with E-state index in [9.17, 15) is 0 Å². The molecule has 2 aromatic carbocycles. The maximum Gasteiger partial charge on any atom is 0.126 e. The summed E-state index contributed by atoms with van der Waals surface area (Å²) in [5.41, 5.74) is 2.82. The highest BCUT2D eigenvalue weighted by molar-refractivity contribution is 5.52. The molecule has 2 rings (SSSR count). The van der Waals surface area contributed by atoms with Crippen molar-refractivity contribution in [3.8, 4) is 5.75 Å². The van der Waals surface area contributed by atoms with E-state index in [0.29, 0.717) is 0 Å². The first-order chi connectivity index (χ1) is 10.8. The molecule has 2 aromatic rings. The summed E-state index contributed by atoms with van der Waals surface area (Å²) >= 11 is 0. The minimum atomic E-state index is 0.734. The lowest BCUT2D eigenvalue weighted by molar-refractivity contribution is 0.483. The van der Waals surface area contributed by atoms with Crippen LogP contribution in [-0.4, -0.2) is 13.1 Å². The average molecular weight is 295 g/mol. The summed E-state index contributed by atoms with van der Waals surface area (Å²) in [6, 6.07) is 15.5. The monoisotopic (exact) mass is 295 g/mol. The topological polar surface area (TPSA) is 37.2 Å². The molecule has 0 fully saturated rings. The SMILES string of the molecule is C=COc1ccc(N=Nc2ccc(N(CC)CC)cc2)cc1. The minimum absolute atomic E-state index is 0.734. The van der Waals surface area contributed by atoms with Crippen molar-refractivity contribution < 1.29 is 4.74 Å². The van der Waals surface area contributed by atoms with Gasteiger partial charge in [0.1, 0.15) is 5.75 Å². The zero-order valence-electron chi connectivity index (χ0n) is 13.1. The number of hydrogen-bond acceptors (Lipinski definition) is 4. The van der Waals surface area contributed by atoms with E-state index in [1.165, 1.54) is 11.9 Å². The van der Waals surface area contributed by atoms with Crippen LogP contribution in [0.1, 0.15) is 13.8 Å². The van der Waals surface area contributed by atoms with Gasteiger partial charge < -0.3 is 9.64 Å². The van der Waals surface area contributed by atoms with Gasteiger partial charge in [0.15, 0.2) is 0 Å². The summed E-state index contributed by atoms with van der Waals surface area (Å²) in [6.07, 6.45) is 1.40. The molecule has 0 saturated heterocycles. The molecule has 22 heavy (non-hydrogen) atoms. The Labute approximate surface area is 131 Å². The van der Waals surface area contributed by atoms with Crippen LogP contribution >= 0.6 is 0 Å². The fourth-order valence-electron chi connectivity index (χ4n) is 2.12. The lowest BCUT2D eigenvalue weighted by Gasteiger charge is -2.20. The summed E-state index contributed by atoms with van der Waals surface area (Å²) in [6.45, 7) is 9.81. The van der Waals surface area contributed by atoms with Gasteiger partial charge in [-0.05, 0) is 62.4 Å². The van der Waals surface area contributed by atoms with Crippen molar-refractivity contribution in [2.75, 3.05) is 18.0 Å². The highest BCUT2D eigenvalue weighted by Gasteiger charge is 2.00. The van der Waals surface area contributed by atoms with Crippen molar-refractivity contribution >= 4 is 17.1 Å². The Balaban J connectivity index is 2.04. The Morgan fingerprint density at radius 1 is 0.909 bits per heavy atom. The molecule has 0 bridgehead atoms. The van der Waals surface area contributed by atoms with Crippen LogP contribution in [0.15, 0.2) is 71.6 Å². The first-order valence-corrected chi connectivity index (χ1v) is 7.41. The first kappa shape index (κ1) is 15.8. The van der Waals surface area contributed by atoms with Crippen LogP contribution in [0.2, 0.25) is 0 Å². The highest BCUT2D eigenvalue weighted by atomic mass is 16.5. The third-order valence-corrected chi connectivity index (χ3v) is 3.32. The number of anilines is 1. The summed E-state index contributed by atoms with van der Waals surface area (Å²) in [7, 11) is 0. The number of benzene rings is 2. The maximum atomic E-state index is 5.17. The van der Waals surface area contributed by atoms with Crippen molar-refractivity contribution in [2.45, 2.75) is 13.8 Å². The van der Waals surface area contributed by atoms with E-state index < -0.39 is 0 Å². The molecule has 0 aliphatic heterocycles. The third-order valence-electron chi connectivity index (χ3n) is 3.32. The van der Waals surface area contributed by atoms with Crippen molar-refractivity contribution in [2.24, 2.45) is 10.2 Å². The van der Waals surface area contributed by atoms with Gasteiger partial charge in [-0.2, -0.15) is 10.2 Å². The molecule has 4 nitrogen and oxygen atoms in total. The maximum absolute atomic E-state index is 5.17. The molecule has 0 aliphatic carbocycles. The second kappa shape index (κ2) is 7.98. The van der Waals surface area contributed by atoms with Crippen LogP contribution in [0, 0.1) is 0 Å². The molecule has 114 valence electrons. The van der Waals surface area contributed by atoms with E-state index in [1.807, 2.05) is 36.4 Å². The molecule has 0 radical (unpaired) electrons. The number of ether oxygens (including phenoxy) is 1. The summed E-state index contributed by atoms with van der Waals surface area (Å²) in [5.74, 6) is 0.734. The summed E-state index contributed by atoms with van der Waals surface area (Å²) in [4.78, 5) is 2.29. The van der Waals surface area contributed by atoms with Gasteiger partial charge in [-0.25, -0.2) is 0 Å². The Hall–Kier alpha value is -2.62. The quantitative estimate of drug-likeness (QED) is 0.501. The molecule has 0 saturated carbocycles. The fourth-order valence-corrected chi connectivity index (χ4v) is 2.12. The van der Waals surface area contributed by atoms with Gasteiger partial charge in [-0.3, -0.25) is 0 Å². The van der Waals surface area contributed by atoms with Gasteiger partial charge in [0, 0.05) is 18.8 Å². The fraction of sp³-hybridized carbons (Fsp3) is 0.222. The highest BCUT2D eigenvalue weighted by Crippen LogP contribution is 2.23. The molecule has 0 aliphatic rings. The van der Waals surface area contributed by atoms with E-state index in [1.54, 1.807) is 0 Å². The van der Waals surface area contributed by atoms with Gasteiger partial charge in [0.2, 0.25) is 0 Å². The zero-order valence-corrected chi connectivity index (χ0v) is 13.1. The number of nitrogens with zero attached hydrogens (tertiary/aromatic N) is 3. The molecule has 0 heterocycles. The normalized spacial score (nSPS) is 10.6. The predicted molar refractivity (Wildman–Crippen MR) is 91.4 cm³/mol. The van der Waals surface area contributed by atoms with Gasteiger partial charge >= 0.3 is 0 Å². The predicted octanol–water partition coefficient (Wildman–Crippen LogP) is 5.47. The Morgan fingerprint density at radius 2 is 1.41 bits per heavy atom. The molecule has 0 N–H and O–H groups in total. The third kappa shape index (κ3) is 4.19. The van der Waals surface area contributed by atoms with Crippen LogP contribution in [0.4, 0.5) is 17.1 Å². The van der Waals surface area contributed by atoms with E-state index in [4.69, 9.17) is 4.74 Å². The van der Waals surface area contributed by atoms with Gasteiger partial charge in [0.05, 0.1) is 17.6 Å².